The van der Waals surface area contributed by atoms with Crippen LogP contribution >= 0.6 is 0 Å². The SMILES string of the molecule is C[C@H]1OC(OC2[C@@H](O)C[C@H](O[C@H]3CC[C@@]4(C)C5C[C@@H](O)[C@]6(C)[C@@H](C7=CC(=O)OC7)CC[C@]6(O)[C@@H]5CC[C@H]4C3)O[C@@H]2C)C[C@H](O)C1OC1C[C@H](O)C(O[C@@H]2O[C@H](CO)[C@@H](O)[C@H](O)[C@H]2O)[C@@H](C)O1. The zero-order chi connectivity index (χ0) is 47.2. The predicted molar refractivity (Wildman–Crippen MR) is 225 cm³/mol. The first-order valence-electron chi connectivity index (χ1n) is 24.5. The van der Waals surface area contributed by atoms with E-state index < -0.39 is 128 Å². The number of esters is 1. The van der Waals surface area contributed by atoms with Gasteiger partial charge in [-0.1, -0.05) is 13.8 Å². The minimum absolute atomic E-state index is 0.0188. The van der Waals surface area contributed by atoms with Gasteiger partial charge in [0.15, 0.2) is 25.2 Å². The summed E-state index contributed by atoms with van der Waals surface area (Å²) in [5.41, 5.74) is -0.989. The van der Waals surface area contributed by atoms with Crippen LogP contribution in [-0.4, -0.2) is 187 Å². The fourth-order valence-electron chi connectivity index (χ4n) is 14.3. The molecule has 5 aliphatic heterocycles. The summed E-state index contributed by atoms with van der Waals surface area (Å²) in [6.45, 7) is 9.11. The van der Waals surface area contributed by atoms with E-state index in [0.717, 1.165) is 44.1 Å². The van der Waals surface area contributed by atoms with E-state index in [1.807, 2.05) is 13.8 Å². The molecule has 376 valence electrons. The average Bonchev–Trinajstić information content (AvgIpc) is 3.82. The summed E-state index contributed by atoms with van der Waals surface area (Å²) in [6, 6.07) is 0. The number of carbonyl (C=O) groups is 1. The van der Waals surface area contributed by atoms with E-state index in [1.54, 1.807) is 19.9 Å². The van der Waals surface area contributed by atoms with Crippen LogP contribution in [0.15, 0.2) is 11.6 Å². The Morgan fingerprint density at radius 3 is 1.77 bits per heavy atom. The second-order valence-electron chi connectivity index (χ2n) is 21.6. The number of hydrogen-bond donors (Lipinski definition) is 9. The van der Waals surface area contributed by atoms with Gasteiger partial charge in [0.2, 0.25) is 0 Å². The molecular weight excluding hydrogens is 868 g/mol. The summed E-state index contributed by atoms with van der Waals surface area (Å²) < 4.78 is 53.9. The van der Waals surface area contributed by atoms with Crippen molar-refractivity contribution < 1.29 is 93.4 Å². The number of aliphatic hydroxyl groups excluding tert-OH is 8. The molecule has 4 saturated heterocycles. The van der Waals surface area contributed by atoms with Gasteiger partial charge in [-0.2, -0.15) is 0 Å². The molecule has 0 spiro atoms. The summed E-state index contributed by atoms with van der Waals surface area (Å²) >= 11 is 0. The van der Waals surface area contributed by atoms with Crippen molar-refractivity contribution in [2.24, 2.45) is 34.5 Å². The molecule has 19 heteroatoms. The van der Waals surface area contributed by atoms with Crippen LogP contribution in [0.25, 0.3) is 0 Å². The summed E-state index contributed by atoms with van der Waals surface area (Å²) in [6.07, 6.45) is -10.8. The number of fused-ring (bicyclic) bond motifs is 5. The molecule has 26 atom stereocenters. The van der Waals surface area contributed by atoms with Gasteiger partial charge in [0.25, 0.3) is 0 Å². The highest BCUT2D eigenvalue weighted by Gasteiger charge is 2.71. The van der Waals surface area contributed by atoms with Crippen LogP contribution < -0.4 is 0 Å². The Labute approximate surface area is 385 Å². The van der Waals surface area contributed by atoms with Crippen molar-refractivity contribution >= 4 is 5.97 Å². The third kappa shape index (κ3) is 8.64. The average molecular weight is 943 g/mol. The highest BCUT2D eigenvalue weighted by atomic mass is 16.8. The van der Waals surface area contributed by atoms with Crippen molar-refractivity contribution in [2.75, 3.05) is 13.2 Å². The van der Waals surface area contributed by atoms with Crippen LogP contribution in [0, 0.1) is 34.5 Å². The Bertz CT molecular complexity index is 1720. The number of rotatable bonds is 10. The summed E-state index contributed by atoms with van der Waals surface area (Å²) in [5, 5.41) is 98.4. The number of cyclic esters (lactones) is 1. The largest absolute Gasteiger partial charge is 0.458 e. The van der Waals surface area contributed by atoms with E-state index in [2.05, 4.69) is 6.92 Å². The molecule has 0 aromatic carbocycles. The first-order chi connectivity index (χ1) is 31.2. The van der Waals surface area contributed by atoms with E-state index in [4.69, 9.17) is 42.6 Å². The van der Waals surface area contributed by atoms with Crippen molar-refractivity contribution in [2.45, 2.75) is 228 Å². The number of aliphatic hydroxyl groups is 9. The second kappa shape index (κ2) is 18.9. The highest BCUT2D eigenvalue weighted by molar-refractivity contribution is 5.85. The number of carbonyl (C=O) groups excluding carboxylic acids is 1. The summed E-state index contributed by atoms with van der Waals surface area (Å²) in [4.78, 5) is 12.0. The topological polar surface area (TPSA) is 282 Å². The first kappa shape index (κ1) is 49.5. The van der Waals surface area contributed by atoms with Crippen molar-refractivity contribution in [3.8, 4) is 0 Å². The van der Waals surface area contributed by atoms with Crippen LogP contribution in [-0.2, 0) is 47.4 Å². The van der Waals surface area contributed by atoms with Crippen molar-refractivity contribution in [1.82, 2.24) is 0 Å². The lowest BCUT2D eigenvalue weighted by atomic mass is 9.42. The van der Waals surface area contributed by atoms with E-state index in [0.29, 0.717) is 18.8 Å². The quantitative estimate of drug-likeness (QED) is 0.103. The van der Waals surface area contributed by atoms with Gasteiger partial charge in [0, 0.05) is 30.8 Å². The molecule has 9 aliphatic rings. The molecule has 6 unspecified atom stereocenters. The van der Waals surface area contributed by atoms with Crippen LogP contribution in [0.4, 0.5) is 0 Å². The van der Waals surface area contributed by atoms with Crippen LogP contribution in [0.1, 0.15) is 105 Å². The van der Waals surface area contributed by atoms with Crippen LogP contribution in [0.3, 0.4) is 0 Å². The van der Waals surface area contributed by atoms with Crippen molar-refractivity contribution in [3.05, 3.63) is 11.6 Å². The molecule has 0 bridgehead atoms. The number of hydrogen-bond acceptors (Lipinski definition) is 19. The predicted octanol–water partition coefficient (Wildman–Crippen LogP) is 0.0423. The van der Waals surface area contributed by atoms with Gasteiger partial charge in [-0.15, -0.1) is 0 Å². The van der Waals surface area contributed by atoms with Gasteiger partial charge in [-0.3, -0.25) is 0 Å². The molecule has 0 radical (unpaired) electrons. The monoisotopic (exact) mass is 942 g/mol. The molecule has 4 aliphatic carbocycles. The van der Waals surface area contributed by atoms with Crippen molar-refractivity contribution in [1.29, 1.82) is 0 Å². The van der Waals surface area contributed by atoms with Crippen molar-refractivity contribution in [3.63, 3.8) is 0 Å². The van der Waals surface area contributed by atoms with Gasteiger partial charge >= 0.3 is 5.97 Å². The fraction of sp³-hybridized carbons (Fsp3) is 0.936. The van der Waals surface area contributed by atoms with Gasteiger partial charge in [-0.05, 0) is 107 Å². The minimum Gasteiger partial charge on any atom is -0.458 e. The van der Waals surface area contributed by atoms with E-state index >= 15 is 0 Å². The Balaban J connectivity index is 0.737. The summed E-state index contributed by atoms with van der Waals surface area (Å²) in [5.74, 6) is 0.0825. The Morgan fingerprint density at radius 2 is 1.23 bits per heavy atom. The molecule has 9 N–H and O–H groups in total. The van der Waals surface area contributed by atoms with Gasteiger partial charge in [0.1, 0.15) is 49.3 Å². The molecule has 9 rings (SSSR count). The third-order valence-electron chi connectivity index (χ3n) is 18.1. The standard InChI is InChI=1S/C47H74O19/c1-20-41(64-36-16-30(50)42(21(2)60-36)65-37-17-31(51)43(22(3)61-37)66-44-40(56)39(55)38(54)32(18-48)63-44)29(49)15-35(59-20)62-25-8-10-45(4)24(13-25)6-7-27-28(45)14-33(52)46(5)26(9-11-47(27,46)57)23-12-34(53)58-19-23/h12,20-22,24-33,35-44,48-52,54-57H,6-11,13-19H2,1-5H3/t20-,21-,22-,24+,25+,26-,27-,28?,29+,30+,31+,32-,33-,35+,36?,37?,38-,39+,40-,41?,42?,43?,44+,45-,46+,47+/m1/s1. The lowest BCUT2D eigenvalue weighted by Crippen LogP contribution is -2.67. The molecule has 19 nitrogen and oxygen atoms in total. The van der Waals surface area contributed by atoms with E-state index in [1.165, 1.54) is 0 Å². The molecule has 66 heavy (non-hydrogen) atoms. The zero-order valence-corrected chi connectivity index (χ0v) is 38.7. The lowest BCUT2D eigenvalue weighted by molar-refractivity contribution is -0.355. The highest BCUT2D eigenvalue weighted by Crippen LogP contribution is 2.70. The Hall–Kier alpha value is -1.47. The van der Waals surface area contributed by atoms with Gasteiger partial charge < -0.3 is 88.6 Å². The maximum Gasteiger partial charge on any atom is 0.331 e. The second-order valence-corrected chi connectivity index (χ2v) is 21.6. The molecule has 8 fully saturated rings. The van der Waals surface area contributed by atoms with Crippen LogP contribution in [0.2, 0.25) is 0 Å². The maximum absolute atomic E-state index is 12.6. The fourth-order valence-corrected chi connectivity index (χ4v) is 14.3. The summed E-state index contributed by atoms with van der Waals surface area (Å²) in [7, 11) is 0. The molecular formula is C47H74O19. The zero-order valence-electron chi connectivity index (χ0n) is 38.7. The van der Waals surface area contributed by atoms with Gasteiger partial charge in [0.05, 0.1) is 61.0 Å². The molecule has 4 saturated carbocycles. The Morgan fingerprint density at radius 1 is 0.652 bits per heavy atom. The smallest absolute Gasteiger partial charge is 0.331 e. The van der Waals surface area contributed by atoms with Gasteiger partial charge in [-0.25, -0.2) is 4.79 Å². The molecule has 0 amide bonds. The van der Waals surface area contributed by atoms with E-state index in [9.17, 15) is 50.8 Å². The normalized spacial score (nSPS) is 55.3. The van der Waals surface area contributed by atoms with E-state index in [-0.39, 0.29) is 61.1 Å². The molecule has 0 aromatic heterocycles. The van der Waals surface area contributed by atoms with Crippen LogP contribution in [0.5, 0.6) is 0 Å². The molecule has 5 heterocycles. The first-order valence-corrected chi connectivity index (χ1v) is 24.5. The maximum atomic E-state index is 12.6. The molecule has 0 aromatic rings. The third-order valence-corrected chi connectivity index (χ3v) is 18.1. The Kier molecular flexibility index (Phi) is 14.2. The lowest BCUT2D eigenvalue weighted by Gasteiger charge is -2.65. The number of ether oxygens (including phenoxy) is 9. The minimum atomic E-state index is -1.65.